The molecule has 82 valence electrons. The van der Waals surface area contributed by atoms with Gasteiger partial charge in [0.25, 0.3) is 0 Å². The third-order valence-electron chi connectivity index (χ3n) is 2.69. The monoisotopic (exact) mass is 199 g/mol. The molecule has 0 bridgehead atoms. The Hall–Kier alpha value is -0.410. The van der Waals surface area contributed by atoms with Gasteiger partial charge >= 0.3 is 0 Å². The molecule has 1 rings (SSSR count). The summed E-state index contributed by atoms with van der Waals surface area (Å²) in [7, 11) is 0. The Kier molecular flexibility index (Phi) is 4.08. The van der Waals surface area contributed by atoms with Gasteiger partial charge in [-0.15, -0.1) is 0 Å². The van der Waals surface area contributed by atoms with Gasteiger partial charge in [0.1, 0.15) is 5.60 Å². The van der Waals surface area contributed by atoms with E-state index in [4.69, 9.17) is 4.84 Å². The molecule has 1 fully saturated rings. The molecule has 1 unspecified atom stereocenters. The van der Waals surface area contributed by atoms with E-state index >= 15 is 0 Å². The van der Waals surface area contributed by atoms with Crippen molar-refractivity contribution in [2.24, 2.45) is 5.92 Å². The number of carbonyl (C=O) groups excluding carboxylic acids is 1. The van der Waals surface area contributed by atoms with Crippen LogP contribution in [0.25, 0.3) is 0 Å². The number of Topliss-reactive ketones (excluding diaryl/α,β-unsaturated/α-hetero) is 1. The standard InChI is InChI=1S/C11H21NO2/c1-9(2)8-12-14-11(3)7-5-4-6-10(11)13/h9,12H,4-8H2,1-3H3. The zero-order valence-corrected chi connectivity index (χ0v) is 9.43. The number of rotatable bonds is 4. The summed E-state index contributed by atoms with van der Waals surface area (Å²) in [6, 6.07) is 0. The van der Waals surface area contributed by atoms with E-state index in [0.29, 0.717) is 12.3 Å². The lowest BCUT2D eigenvalue weighted by Gasteiger charge is -2.31. The van der Waals surface area contributed by atoms with Gasteiger partial charge in [-0.1, -0.05) is 13.8 Å². The van der Waals surface area contributed by atoms with E-state index in [9.17, 15) is 4.79 Å². The number of nitrogens with one attached hydrogen (secondary N) is 1. The molecule has 0 saturated heterocycles. The normalized spacial score (nSPS) is 28.4. The van der Waals surface area contributed by atoms with Crippen LogP contribution in [0, 0.1) is 5.92 Å². The van der Waals surface area contributed by atoms with Crippen molar-refractivity contribution in [1.82, 2.24) is 5.48 Å². The zero-order chi connectivity index (χ0) is 10.6. The maximum atomic E-state index is 11.6. The van der Waals surface area contributed by atoms with Gasteiger partial charge in [-0.2, -0.15) is 0 Å². The van der Waals surface area contributed by atoms with Crippen LogP contribution < -0.4 is 5.48 Å². The van der Waals surface area contributed by atoms with Crippen molar-refractivity contribution < 1.29 is 9.63 Å². The molecule has 14 heavy (non-hydrogen) atoms. The van der Waals surface area contributed by atoms with Crippen LogP contribution in [0.4, 0.5) is 0 Å². The van der Waals surface area contributed by atoms with Gasteiger partial charge in [0, 0.05) is 13.0 Å². The SMILES string of the molecule is CC(C)CNOC1(C)CCCCC1=O. The van der Waals surface area contributed by atoms with E-state index < -0.39 is 5.60 Å². The van der Waals surface area contributed by atoms with Crippen molar-refractivity contribution in [3.05, 3.63) is 0 Å². The number of hydrogen-bond donors (Lipinski definition) is 1. The number of carbonyl (C=O) groups is 1. The highest BCUT2D eigenvalue weighted by Gasteiger charge is 2.36. The summed E-state index contributed by atoms with van der Waals surface area (Å²) in [5, 5.41) is 0. The molecule has 0 aromatic heterocycles. The first-order valence-corrected chi connectivity index (χ1v) is 5.49. The highest BCUT2D eigenvalue weighted by Crippen LogP contribution is 2.27. The molecule has 1 saturated carbocycles. The minimum Gasteiger partial charge on any atom is -0.296 e. The second kappa shape index (κ2) is 4.89. The minimum absolute atomic E-state index is 0.236. The van der Waals surface area contributed by atoms with E-state index in [2.05, 4.69) is 19.3 Å². The summed E-state index contributed by atoms with van der Waals surface area (Å²) in [4.78, 5) is 17.1. The maximum Gasteiger partial charge on any atom is 0.166 e. The average molecular weight is 199 g/mol. The molecular formula is C11H21NO2. The van der Waals surface area contributed by atoms with Gasteiger partial charge in [0.2, 0.25) is 0 Å². The van der Waals surface area contributed by atoms with Crippen LogP contribution in [0.5, 0.6) is 0 Å². The molecule has 3 nitrogen and oxygen atoms in total. The van der Waals surface area contributed by atoms with Gasteiger partial charge in [-0.25, -0.2) is 5.48 Å². The van der Waals surface area contributed by atoms with Crippen molar-refractivity contribution >= 4 is 5.78 Å². The topological polar surface area (TPSA) is 38.3 Å². The van der Waals surface area contributed by atoms with Gasteiger partial charge < -0.3 is 0 Å². The van der Waals surface area contributed by atoms with Gasteiger partial charge in [0.15, 0.2) is 5.78 Å². The molecule has 0 amide bonds. The highest BCUT2D eigenvalue weighted by atomic mass is 16.7. The molecule has 1 aliphatic carbocycles. The van der Waals surface area contributed by atoms with Gasteiger partial charge in [-0.3, -0.25) is 9.63 Å². The predicted octanol–water partition coefficient (Wildman–Crippen LogP) is 2.07. The Morgan fingerprint density at radius 1 is 1.50 bits per heavy atom. The molecule has 1 N–H and O–H groups in total. The predicted molar refractivity (Wildman–Crippen MR) is 55.8 cm³/mol. The van der Waals surface area contributed by atoms with E-state index in [1.54, 1.807) is 0 Å². The van der Waals surface area contributed by atoms with E-state index in [1.165, 1.54) is 0 Å². The summed E-state index contributed by atoms with van der Waals surface area (Å²) in [5.74, 6) is 0.775. The van der Waals surface area contributed by atoms with Gasteiger partial charge in [0.05, 0.1) is 0 Å². The van der Waals surface area contributed by atoms with Crippen molar-refractivity contribution in [1.29, 1.82) is 0 Å². The van der Waals surface area contributed by atoms with Crippen LogP contribution in [-0.4, -0.2) is 17.9 Å². The molecule has 0 aliphatic heterocycles. The Bertz CT molecular complexity index is 203. The fraction of sp³-hybridized carbons (Fsp3) is 0.909. The first-order chi connectivity index (χ1) is 6.54. The Balaban J connectivity index is 2.36. The van der Waals surface area contributed by atoms with E-state index in [-0.39, 0.29) is 5.78 Å². The maximum absolute atomic E-state index is 11.6. The summed E-state index contributed by atoms with van der Waals surface area (Å²) >= 11 is 0. The lowest BCUT2D eigenvalue weighted by Crippen LogP contribution is -2.45. The second-order valence-corrected chi connectivity index (χ2v) is 4.71. The second-order valence-electron chi connectivity index (χ2n) is 4.71. The molecule has 0 aromatic rings. The van der Waals surface area contributed by atoms with Crippen molar-refractivity contribution in [2.45, 2.75) is 52.1 Å². The zero-order valence-electron chi connectivity index (χ0n) is 9.43. The molecule has 0 spiro atoms. The minimum atomic E-state index is -0.576. The van der Waals surface area contributed by atoms with Crippen LogP contribution in [0.15, 0.2) is 0 Å². The molecule has 1 aliphatic rings. The first kappa shape index (κ1) is 11.7. The number of hydroxylamine groups is 1. The molecule has 1 atom stereocenters. The molecule has 3 heteroatoms. The van der Waals surface area contributed by atoms with Crippen LogP contribution in [0.3, 0.4) is 0 Å². The van der Waals surface area contributed by atoms with Crippen LogP contribution in [-0.2, 0) is 9.63 Å². The largest absolute Gasteiger partial charge is 0.296 e. The summed E-state index contributed by atoms with van der Waals surface area (Å²) in [6.07, 6.45) is 3.62. The Morgan fingerprint density at radius 2 is 2.21 bits per heavy atom. The van der Waals surface area contributed by atoms with Crippen LogP contribution in [0.2, 0.25) is 0 Å². The molecule has 0 radical (unpaired) electrons. The molecular weight excluding hydrogens is 178 g/mol. The summed E-state index contributed by atoms with van der Waals surface area (Å²) in [5.41, 5.74) is 2.33. The molecule has 0 heterocycles. The first-order valence-electron chi connectivity index (χ1n) is 5.49. The van der Waals surface area contributed by atoms with Crippen LogP contribution in [0.1, 0.15) is 46.5 Å². The fourth-order valence-electron chi connectivity index (χ4n) is 1.63. The highest BCUT2D eigenvalue weighted by molar-refractivity contribution is 5.87. The summed E-state index contributed by atoms with van der Waals surface area (Å²) in [6.45, 7) is 6.91. The van der Waals surface area contributed by atoms with Crippen LogP contribution >= 0.6 is 0 Å². The van der Waals surface area contributed by atoms with Crippen molar-refractivity contribution in [2.75, 3.05) is 6.54 Å². The average Bonchev–Trinajstić information content (AvgIpc) is 2.10. The summed E-state index contributed by atoms with van der Waals surface area (Å²) < 4.78 is 0. The third kappa shape index (κ3) is 3.07. The van der Waals surface area contributed by atoms with Crippen molar-refractivity contribution in [3.63, 3.8) is 0 Å². The Morgan fingerprint density at radius 3 is 2.79 bits per heavy atom. The van der Waals surface area contributed by atoms with Crippen molar-refractivity contribution in [3.8, 4) is 0 Å². The van der Waals surface area contributed by atoms with E-state index in [1.807, 2.05) is 6.92 Å². The lowest BCUT2D eigenvalue weighted by atomic mass is 9.85. The third-order valence-corrected chi connectivity index (χ3v) is 2.69. The number of hydrogen-bond acceptors (Lipinski definition) is 3. The van der Waals surface area contributed by atoms with Gasteiger partial charge in [-0.05, 0) is 32.1 Å². The fourth-order valence-corrected chi connectivity index (χ4v) is 1.63. The lowest BCUT2D eigenvalue weighted by molar-refractivity contribution is -0.159. The molecule has 0 aromatic carbocycles. The quantitative estimate of drug-likeness (QED) is 0.704. The van der Waals surface area contributed by atoms with E-state index in [0.717, 1.165) is 25.8 Å². The Labute approximate surface area is 86.2 Å². The number of ketones is 1. The smallest absolute Gasteiger partial charge is 0.166 e.